The molecule has 1 aliphatic heterocycles. The van der Waals surface area contributed by atoms with Crippen LogP contribution in [0, 0.1) is 0 Å². The summed E-state index contributed by atoms with van der Waals surface area (Å²) in [7, 11) is 0. The molecule has 3 rings (SSSR count). The monoisotopic (exact) mass is 316 g/mol. The number of ether oxygens (including phenoxy) is 1. The normalized spacial score (nSPS) is 16.4. The molecule has 1 aromatic heterocycles. The van der Waals surface area contributed by atoms with Gasteiger partial charge in [-0.2, -0.15) is 0 Å². The number of hydrogen-bond acceptors (Lipinski definition) is 4. The van der Waals surface area contributed by atoms with Crippen LogP contribution in [-0.2, 0) is 16.0 Å². The molecule has 2 heterocycles. The summed E-state index contributed by atoms with van der Waals surface area (Å²) in [4.78, 5) is 25.0. The molecule has 1 atom stereocenters. The minimum absolute atomic E-state index is 0.0883. The molecule has 114 valence electrons. The fourth-order valence-electron chi connectivity index (χ4n) is 2.24. The van der Waals surface area contributed by atoms with Crippen molar-refractivity contribution in [3.05, 3.63) is 40.6 Å². The van der Waals surface area contributed by atoms with Gasteiger partial charge in [0.1, 0.15) is 11.4 Å². The minimum Gasteiger partial charge on any atom is -0.479 e. The van der Waals surface area contributed by atoms with Crippen molar-refractivity contribution in [3.63, 3.8) is 0 Å². The molecule has 0 fully saturated rings. The number of para-hydroxylation sites is 1. The van der Waals surface area contributed by atoms with E-state index in [0.29, 0.717) is 30.0 Å². The van der Waals surface area contributed by atoms with Crippen molar-refractivity contribution in [2.75, 3.05) is 10.6 Å². The summed E-state index contributed by atoms with van der Waals surface area (Å²) in [6.45, 7) is 1.69. The highest BCUT2D eigenvalue weighted by molar-refractivity contribution is 7.09. The van der Waals surface area contributed by atoms with Crippen molar-refractivity contribution in [2.45, 2.75) is 25.9 Å². The molecule has 0 saturated heterocycles. The highest BCUT2D eigenvalue weighted by Crippen LogP contribution is 2.36. The summed E-state index contributed by atoms with van der Waals surface area (Å²) in [5.74, 6) is 0.269. The van der Waals surface area contributed by atoms with Gasteiger partial charge in [0.2, 0.25) is 5.91 Å². The number of rotatable bonds is 4. The fraction of sp³-hybridized carbons (Fsp3) is 0.250. The average Bonchev–Trinajstić information content (AvgIpc) is 3.00. The van der Waals surface area contributed by atoms with E-state index in [0.717, 1.165) is 0 Å². The summed E-state index contributed by atoms with van der Waals surface area (Å²) in [5.41, 5.74) is 1.09. The second-order valence-electron chi connectivity index (χ2n) is 5.06. The van der Waals surface area contributed by atoms with Crippen LogP contribution in [0.2, 0.25) is 0 Å². The topological polar surface area (TPSA) is 67.4 Å². The Hall–Kier alpha value is -2.34. The quantitative estimate of drug-likeness (QED) is 0.911. The van der Waals surface area contributed by atoms with Gasteiger partial charge in [0.05, 0.1) is 5.69 Å². The summed E-state index contributed by atoms with van der Waals surface area (Å²) in [6, 6.07) is 9.29. The maximum atomic E-state index is 12.1. The van der Waals surface area contributed by atoms with Gasteiger partial charge in [0, 0.05) is 11.3 Å². The molecule has 0 spiro atoms. The zero-order chi connectivity index (χ0) is 15.5. The van der Waals surface area contributed by atoms with E-state index in [9.17, 15) is 9.59 Å². The standard InChI is InChI=1S/C16H16N2O3S/c1-10-16(20)18-15-12(5-2-6-13(15)21-10)17-14(19)8-7-11-4-3-9-22-11/h2-6,9-10H,7-8H2,1H3,(H,17,19)(H,18,20). The molecule has 1 aromatic carbocycles. The molecule has 22 heavy (non-hydrogen) atoms. The van der Waals surface area contributed by atoms with E-state index in [2.05, 4.69) is 10.6 Å². The number of aryl methyl sites for hydroxylation is 1. The van der Waals surface area contributed by atoms with Crippen LogP contribution in [0.25, 0.3) is 0 Å². The Morgan fingerprint density at radius 2 is 2.23 bits per heavy atom. The third kappa shape index (κ3) is 3.12. The van der Waals surface area contributed by atoms with Crippen molar-refractivity contribution in [3.8, 4) is 5.75 Å². The lowest BCUT2D eigenvalue weighted by molar-refractivity contribution is -0.122. The smallest absolute Gasteiger partial charge is 0.265 e. The Labute approximate surface area is 132 Å². The van der Waals surface area contributed by atoms with Crippen LogP contribution in [0.1, 0.15) is 18.2 Å². The molecular formula is C16H16N2O3S. The van der Waals surface area contributed by atoms with Crippen LogP contribution in [0.3, 0.4) is 0 Å². The van der Waals surface area contributed by atoms with Crippen LogP contribution in [-0.4, -0.2) is 17.9 Å². The number of carbonyl (C=O) groups is 2. The number of anilines is 2. The maximum absolute atomic E-state index is 12.1. The Morgan fingerprint density at radius 1 is 1.36 bits per heavy atom. The largest absolute Gasteiger partial charge is 0.479 e. The molecule has 6 heteroatoms. The number of thiophene rings is 1. The van der Waals surface area contributed by atoms with E-state index in [1.54, 1.807) is 36.5 Å². The molecule has 2 amide bonds. The highest BCUT2D eigenvalue weighted by Gasteiger charge is 2.25. The lowest BCUT2D eigenvalue weighted by Gasteiger charge is -2.25. The first-order valence-electron chi connectivity index (χ1n) is 7.06. The summed E-state index contributed by atoms with van der Waals surface area (Å²) < 4.78 is 5.52. The van der Waals surface area contributed by atoms with Gasteiger partial charge in [-0.05, 0) is 36.9 Å². The molecule has 0 saturated carbocycles. The molecule has 2 aromatic rings. The third-order valence-electron chi connectivity index (χ3n) is 3.40. The van der Waals surface area contributed by atoms with Gasteiger partial charge in [-0.3, -0.25) is 9.59 Å². The van der Waals surface area contributed by atoms with Crippen LogP contribution >= 0.6 is 11.3 Å². The molecule has 0 bridgehead atoms. The van der Waals surface area contributed by atoms with Gasteiger partial charge in [-0.25, -0.2) is 0 Å². The molecule has 1 unspecified atom stereocenters. The first-order valence-corrected chi connectivity index (χ1v) is 7.94. The lowest BCUT2D eigenvalue weighted by Crippen LogP contribution is -2.34. The Kier molecular flexibility index (Phi) is 4.11. The predicted octanol–water partition coefficient (Wildman–Crippen LogP) is 3.04. The Balaban J connectivity index is 1.69. The van der Waals surface area contributed by atoms with E-state index >= 15 is 0 Å². The summed E-state index contributed by atoms with van der Waals surface area (Å²) >= 11 is 1.64. The Morgan fingerprint density at radius 3 is 3.00 bits per heavy atom. The number of fused-ring (bicyclic) bond motifs is 1. The van der Waals surface area contributed by atoms with E-state index in [4.69, 9.17) is 4.74 Å². The number of benzene rings is 1. The van der Waals surface area contributed by atoms with E-state index in [-0.39, 0.29) is 11.8 Å². The van der Waals surface area contributed by atoms with Crippen molar-refractivity contribution in [1.82, 2.24) is 0 Å². The molecule has 2 N–H and O–H groups in total. The predicted molar refractivity (Wildman–Crippen MR) is 86.4 cm³/mol. The van der Waals surface area contributed by atoms with Gasteiger partial charge in [-0.1, -0.05) is 12.1 Å². The second kappa shape index (κ2) is 6.19. The summed E-state index contributed by atoms with van der Waals surface area (Å²) in [6.07, 6.45) is 0.575. The minimum atomic E-state index is -0.530. The van der Waals surface area contributed by atoms with Gasteiger partial charge < -0.3 is 15.4 Å². The first kappa shape index (κ1) is 14.6. The molecule has 0 radical (unpaired) electrons. The fourth-order valence-corrected chi connectivity index (χ4v) is 2.94. The van der Waals surface area contributed by atoms with Gasteiger partial charge >= 0.3 is 0 Å². The molecule has 1 aliphatic rings. The van der Waals surface area contributed by atoms with Crippen molar-refractivity contribution >= 4 is 34.5 Å². The number of carbonyl (C=O) groups excluding carboxylic acids is 2. The molecule has 5 nitrogen and oxygen atoms in total. The lowest BCUT2D eigenvalue weighted by atomic mass is 10.2. The van der Waals surface area contributed by atoms with Gasteiger partial charge in [0.25, 0.3) is 5.91 Å². The Bertz CT molecular complexity index is 697. The SMILES string of the molecule is CC1Oc2cccc(NC(=O)CCc3cccs3)c2NC1=O. The van der Waals surface area contributed by atoms with Crippen LogP contribution in [0.4, 0.5) is 11.4 Å². The highest BCUT2D eigenvalue weighted by atomic mass is 32.1. The van der Waals surface area contributed by atoms with E-state index in [1.165, 1.54) is 4.88 Å². The number of hydrogen-bond donors (Lipinski definition) is 2. The average molecular weight is 316 g/mol. The van der Waals surface area contributed by atoms with Gasteiger partial charge in [-0.15, -0.1) is 11.3 Å². The van der Waals surface area contributed by atoms with Crippen LogP contribution in [0.5, 0.6) is 5.75 Å². The third-order valence-corrected chi connectivity index (χ3v) is 4.34. The first-order chi connectivity index (χ1) is 10.6. The van der Waals surface area contributed by atoms with Crippen molar-refractivity contribution in [2.24, 2.45) is 0 Å². The van der Waals surface area contributed by atoms with E-state index in [1.807, 2.05) is 17.5 Å². The molecular weight excluding hydrogens is 300 g/mol. The van der Waals surface area contributed by atoms with E-state index < -0.39 is 6.10 Å². The summed E-state index contributed by atoms with van der Waals surface area (Å²) in [5, 5.41) is 7.61. The zero-order valence-electron chi connectivity index (χ0n) is 12.1. The zero-order valence-corrected chi connectivity index (χ0v) is 12.9. The molecule has 0 aliphatic carbocycles. The number of amides is 2. The number of nitrogens with one attached hydrogen (secondary N) is 2. The maximum Gasteiger partial charge on any atom is 0.265 e. The van der Waals surface area contributed by atoms with Crippen molar-refractivity contribution in [1.29, 1.82) is 0 Å². The van der Waals surface area contributed by atoms with Gasteiger partial charge in [0.15, 0.2) is 6.10 Å². The van der Waals surface area contributed by atoms with Crippen molar-refractivity contribution < 1.29 is 14.3 Å². The van der Waals surface area contributed by atoms with Crippen LogP contribution in [0.15, 0.2) is 35.7 Å². The second-order valence-corrected chi connectivity index (χ2v) is 6.09. The van der Waals surface area contributed by atoms with Crippen LogP contribution < -0.4 is 15.4 Å².